The molecule has 3 heteroatoms. The smallest absolute Gasteiger partial charge is 0.0609 e. The average molecular weight is 284 g/mol. The third-order valence-electron chi connectivity index (χ3n) is 5.21. The van der Waals surface area contributed by atoms with Gasteiger partial charge in [-0.1, -0.05) is 33.6 Å². The van der Waals surface area contributed by atoms with Gasteiger partial charge in [0.2, 0.25) is 0 Å². The molecule has 0 aromatic heterocycles. The van der Waals surface area contributed by atoms with Gasteiger partial charge in [0.25, 0.3) is 0 Å². The number of nitrogens with one attached hydrogen (secondary N) is 1. The van der Waals surface area contributed by atoms with E-state index in [2.05, 4.69) is 51.9 Å². The van der Waals surface area contributed by atoms with Gasteiger partial charge in [0.05, 0.1) is 6.61 Å². The Bertz CT molecular complexity index is 281. The summed E-state index contributed by atoms with van der Waals surface area (Å²) in [5.74, 6) is 0.873. The first-order valence-corrected chi connectivity index (χ1v) is 8.26. The molecule has 120 valence electrons. The minimum atomic E-state index is -0.131. The monoisotopic (exact) mass is 284 g/mol. The molecule has 0 bridgehead atoms. The Balaban J connectivity index is 2.72. The van der Waals surface area contributed by atoms with Crippen molar-refractivity contribution >= 4 is 0 Å². The Morgan fingerprint density at radius 1 is 1.30 bits per heavy atom. The second kappa shape index (κ2) is 7.24. The standard InChI is InChI=1S/C17H36N2O/c1-14(2)18-11-17(9-7-15(3)8-10-17)12-19(6)16(4,5)13-20/h14-15,18,20H,7-13H2,1-6H3. The van der Waals surface area contributed by atoms with Gasteiger partial charge in [-0.05, 0) is 45.1 Å². The number of hydrogen-bond acceptors (Lipinski definition) is 3. The lowest BCUT2D eigenvalue weighted by atomic mass is 9.70. The van der Waals surface area contributed by atoms with E-state index in [9.17, 15) is 5.11 Å². The fourth-order valence-corrected chi connectivity index (χ4v) is 3.02. The van der Waals surface area contributed by atoms with Crippen LogP contribution in [0.5, 0.6) is 0 Å². The van der Waals surface area contributed by atoms with Gasteiger partial charge in [-0.3, -0.25) is 4.90 Å². The first-order chi connectivity index (χ1) is 9.21. The Kier molecular flexibility index (Phi) is 6.49. The van der Waals surface area contributed by atoms with Crippen LogP contribution in [0.3, 0.4) is 0 Å². The molecule has 0 amide bonds. The second-order valence-electron chi connectivity index (χ2n) is 8.04. The highest BCUT2D eigenvalue weighted by Crippen LogP contribution is 2.40. The molecule has 1 aliphatic rings. The molecule has 0 aromatic rings. The average Bonchev–Trinajstić information content (AvgIpc) is 2.39. The molecule has 0 heterocycles. The lowest BCUT2D eigenvalue weighted by molar-refractivity contribution is 0.0196. The molecule has 1 fully saturated rings. The van der Waals surface area contributed by atoms with E-state index in [4.69, 9.17) is 0 Å². The van der Waals surface area contributed by atoms with Crippen LogP contribution in [-0.2, 0) is 0 Å². The van der Waals surface area contributed by atoms with Gasteiger partial charge in [0, 0.05) is 24.7 Å². The molecule has 1 saturated carbocycles. The summed E-state index contributed by atoms with van der Waals surface area (Å²) in [6.07, 6.45) is 5.29. The molecule has 3 nitrogen and oxygen atoms in total. The van der Waals surface area contributed by atoms with E-state index in [1.807, 2.05) is 0 Å². The summed E-state index contributed by atoms with van der Waals surface area (Å²) >= 11 is 0. The van der Waals surface area contributed by atoms with Crippen LogP contribution >= 0.6 is 0 Å². The lowest BCUT2D eigenvalue weighted by Crippen LogP contribution is -2.53. The Morgan fingerprint density at radius 3 is 2.30 bits per heavy atom. The molecule has 2 N–H and O–H groups in total. The molecule has 1 aliphatic carbocycles. The Morgan fingerprint density at radius 2 is 1.85 bits per heavy atom. The summed E-state index contributed by atoms with van der Waals surface area (Å²) in [6.45, 7) is 13.5. The highest BCUT2D eigenvalue weighted by molar-refractivity contribution is 4.92. The highest BCUT2D eigenvalue weighted by atomic mass is 16.3. The quantitative estimate of drug-likeness (QED) is 0.754. The minimum absolute atomic E-state index is 0.131. The van der Waals surface area contributed by atoms with Crippen LogP contribution in [0.15, 0.2) is 0 Å². The van der Waals surface area contributed by atoms with Crippen LogP contribution in [0.25, 0.3) is 0 Å². The first kappa shape index (κ1) is 17.9. The molecule has 0 aliphatic heterocycles. The van der Waals surface area contributed by atoms with Crippen LogP contribution in [0, 0.1) is 11.3 Å². The van der Waals surface area contributed by atoms with E-state index in [1.54, 1.807) is 0 Å². The normalized spacial score (nSPS) is 28.4. The summed E-state index contributed by atoms with van der Waals surface area (Å²) in [4.78, 5) is 2.35. The van der Waals surface area contributed by atoms with Gasteiger partial charge in [0.1, 0.15) is 0 Å². The first-order valence-electron chi connectivity index (χ1n) is 8.26. The van der Waals surface area contributed by atoms with Crippen molar-refractivity contribution in [3.05, 3.63) is 0 Å². The Hall–Kier alpha value is -0.120. The summed E-state index contributed by atoms with van der Waals surface area (Å²) in [5, 5.41) is 13.2. The molecular formula is C17H36N2O. The molecule has 0 spiro atoms. The Labute approximate surface area is 126 Å². The number of likely N-dealkylation sites (N-methyl/N-ethyl adjacent to an activating group) is 1. The number of aliphatic hydroxyl groups excluding tert-OH is 1. The fourth-order valence-electron chi connectivity index (χ4n) is 3.02. The van der Waals surface area contributed by atoms with E-state index in [-0.39, 0.29) is 12.1 Å². The molecular weight excluding hydrogens is 248 g/mol. The molecule has 0 saturated heterocycles. The van der Waals surface area contributed by atoms with Crippen molar-refractivity contribution in [2.75, 3.05) is 26.7 Å². The van der Waals surface area contributed by atoms with E-state index in [1.165, 1.54) is 25.7 Å². The van der Waals surface area contributed by atoms with Crippen molar-refractivity contribution in [1.82, 2.24) is 10.2 Å². The molecule has 1 rings (SSSR count). The van der Waals surface area contributed by atoms with Gasteiger partial charge in [-0.2, -0.15) is 0 Å². The second-order valence-corrected chi connectivity index (χ2v) is 8.04. The van der Waals surface area contributed by atoms with Crippen LogP contribution in [0.2, 0.25) is 0 Å². The molecule has 0 unspecified atom stereocenters. The van der Waals surface area contributed by atoms with Gasteiger partial charge in [0.15, 0.2) is 0 Å². The van der Waals surface area contributed by atoms with E-state index in [0.29, 0.717) is 11.5 Å². The lowest BCUT2D eigenvalue weighted by Gasteiger charge is -2.46. The summed E-state index contributed by atoms with van der Waals surface area (Å²) in [5.41, 5.74) is 0.242. The fraction of sp³-hybridized carbons (Fsp3) is 1.00. The van der Waals surface area contributed by atoms with Crippen LogP contribution in [0.1, 0.15) is 60.3 Å². The summed E-state index contributed by atoms with van der Waals surface area (Å²) in [7, 11) is 2.16. The third-order valence-corrected chi connectivity index (χ3v) is 5.21. The van der Waals surface area contributed by atoms with Crippen molar-refractivity contribution < 1.29 is 5.11 Å². The number of aliphatic hydroxyl groups is 1. The van der Waals surface area contributed by atoms with Crippen molar-refractivity contribution in [3.63, 3.8) is 0 Å². The molecule has 0 aromatic carbocycles. The van der Waals surface area contributed by atoms with Crippen molar-refractivity contribution in [2.45, 2.75) is 71.9 Å². The largest absolute Gasteiger partial charge is 0.394 e. The predicted molar refractivity (Wildman–Crippen MR) is 87.0 cm³/mol. The molecule has 20 heavy (non-hydrogen) atoms. The summed E-state index contributed by atoms with van der Waals surface area (Å²) in [6, 6.07) is 0.544. The van der Waals surface area contributed by atoms with Crippen LogP contribution in [0.4, 0.5) is 0 Å². The molecule has 0 radical (unpaired) electrons. The zero-order valence-electron chi connectivity index (χ0n) is 14.5. The SMILES string of the molecule is CC1CCC(CNC(C)C)(CN(C)C(C)(C)CO)CC1. The van der Waals surface area contributed by atoms with Crippen molar-refractivity contribution in [3.8, 4) is 0 Å². The third kappa shape index (κ3) is 5.01. The summed E-state index contributed by atoms with van der Waals surface area (Å²) < 4.78 is 0. The number of hydrogen-bond donors (Lipinski definition) is 2. The van der Waals surface area contributed by atoms with Gasteiger partial charge < -0.3 is 10.4 Å². The highest BCUT2D eigenvalue weighted by Gasteiger charge is 2.37. The van der Waals surface area contributed by atoms with Crippen molar-refractivity contribution in [1.29, 1.82) is 0 Å². The minimum Gasteiger partial charge on any atom is -0.394 e. The van der Waals surface area contributed by atoms with Gasteiger partial charge in [-0.25, -0.2) is 0 Å². The maximum Gasteiger partial charge on any atom is 0.0609 e. The zero-order chi connectivity index (χ0) is 15.4. The maximum atomic E-state index is 9.58. The van der Waals surface area contributed by atoms with Crippen LogP contribution < -0.4 is 5.32 Å². The topological polar surface area (TPSA) is 35.5 Å². The van der Waals surface area contributed by atoms with Gasteiger partial charge >= 0.3 is 0 Å². The van der Waals surface area contributed by atoms with Gasteiger partial charge in [-0.15, -0.1) is 0 Å². The molecule has 0 atom stereocenters. The maximum absolute atomic E-state index is 9.58. The predicted octanol–water partition coefficient (Wildman–Crippen LogP) is 2.88. The van der Waals surface area contributed by atoms with Crippen molar-refractivity contribution in [2.24, 2.45) is 11.3 Å². The number of rotatable bonds is 7. The van der Waals surface area contributed by atoms with Crippen LogP contribution in [-0.4, -0.2) is 48.3 Å². The zero-order valence-corrected chi connectivity index (χ0v) is 14.5. The van der Waals surface area contributed by atoms with E-state index in [0.717, 1.165) is 19.0 Å². The van der Waals surface area contributed by atoms with E-state index < -0.39 is 0 Å². The van der Waals surface area contributed by atoms with E-state index >= 15 is 0 Å². The number of nitrogens with zero attached hydrogens (tertiary/aromatic N) is 1.